The Balaban J connectivity index is 1.41. The summed E-state index contributed by atoms with van der Waals surface area (Å²) in [5.41, 5.74) is 3.71. The first-order valence-corrected chi connectivity index (χ1v) is 8.04. The van der Waals surface area contributed by atoms with E-state index in [2.05, 4.69) is 44.8 Å². The molecule has 2 N–H and O–H groups in total. The van der Waals surface area contributed by atoms with Crippen LogP contribution in [0, 0.1) is 0 Å². The summed E-state index contributed by atoms with van der Waals surface area (Å²) in [6, 6.07) is 13.2. The second kappa shape index (κ2) is 5.57. The summed E-state index contributed by atoms with van der Waals surface area (Å²) >= 11 is 5.28. The normalized spacial score (nSPS) is 16.3. The van der Waals surface area contributed by atoms with Crippen molar-refractivity contribution in [1.29, 1.82) is 0 Å². The molecule has 0 bridgehead atoms. The van der Waals surface area contributed by atoms with Gasteiger partial charge in [0, 0.05) is 19.1 Å². The van der Waals surface area contributed by atoms with Crippen molar-refractivity contribution in [3.8, 4) is 0 Å². The van der Waals surface area contributed by atoms with Crippen molar-refractivity contribution < 1.29 is 0 Å². The summed E-state index contributed by atoms with van der Waals surface area (Å²) in [4.78, 5) is 6.85. The predicted octanol–water partition coefficient (Wildman–Crippen LogP) is 3.05. The van der Waals surface area contributed by atoms with Crippen LogP contribution in [-0.4, -0.2) is 16.1 Å². The summed E-state index contributed by atoms with van der Waals surface area (Å²) in [5, 5.41) is 7.14. The zero-order valence-corrected chi connectivity index (χ0v) is 13.1. The quantitative estimate of drug-likeness (QED) is 0.853. The van der Waals surface area contributed by atoms with Gasteiger partial charge < -0.3 is 15.5 Å². The van der Waals surface area contributed by atoms with Crippen LogP contribution in [0.4, 0.5) is 11.5 Å². The Kier molecular flexibility index (Phi) is 3.42. The fraction of sp³-hybridized carbons (Fsp3) is 0.294. The van der Waals surface area contributed by atoms with Crippen molar-refractivity contribution in [3.05, 3.63) is 53.7 Å². The van der Waals surface area contributed by atoms with Crippen LogP contribution in [0.15, 0.2) is 42.6 Å². The van der Waals surface area contributed by atoms with Gasteiger partial charge in [-0.05, 0) is 48.3 Å². The number of hydrogen-bond donors (Lipinski definition) is 2. The lowest BCUT2D eigenvalue weighted by molar-refractivity contribution is 0.857. The van der Waals surface area contributed by atoms with Gasteiger partial charge in [0.15, 0.2) is 5.11 Å². The van der Waals surface area contributed by atoms with Gasteiger partial charge in [0.05, 0.1) is 11.9 Å². The molecule has 2 aliphatic rings. The Morgan fingerprint density at radius 1 is 1.09 bits per heavy atom. The van der Waals surface area contributed by atoms with Crippen molar-refractivity contribution in [2.45, 2.75) is 32.0 Å². The zero-order chi connectivity index (χ0) is 14.9. The minimum absolute atomic E-state index is 0.565. The highest BCUT2D eigenvalue weighted by Crippen LogP contribution is 2.27. The molecule has 1 aliphatic carbocycles. The number of pyridine rings is 1. The van der Waals surface area contributed by atoms with E-state index in [-0.39, 0.29) is 0 Å². The van der Waals surface area contributed by atoms with Crippen molar-refractivity contribution >= 4 is 28.8 Å². The molecule has 0 saturated heterocycles. The van der Waals surface area contributed by atoms with E-state index in [1.807, 2.05) is 18.3 Å². The van der Waals surface area contributed by atoms with Gasteiger partial charge in [-0.15, -0.1) is 0 Å². The number of nitrogens with one attached hydrogen (secondary N) is 2. The van der Waals surface area contributed by atoms with E-state index in [1.165, 1.54) is 24.0 Å². The molecule has 1 aliphatic heterocycles. The first kappa shape index (κ1) is 13.5. The van der Waals surface area contributed by atoms with E-state index < -0.39 is 0 Å². The molecule has 1 saturated carbocycles. The molecular weight excluding hydrogens is 292 g/mol. The second-order valence-electron chi connectivity index (χ2n) is 5.90. The lowest BCUT2D eigenvalue weighted by Gasteiger charge is -2.17. The van der Waals surface area contributed by atoms with Crippen LogP contribution in [0.25, 0.3) is 0 Å². The number of aromatic nitrogens is 1. The van der Waals surface area contributed by atoms with E-state index in [9.17, 15) is 0 Å². The molecule has 1 fully saturated rings. The molecule has 0 atom stereocenters. The number of benzene rings is 1. The third-order valence-corrected chi connectivity index (χ3v) is 4.30. The molecule has 5 heteroatoms. The SMILES string of the molecule is S=C(Nc1ccc(N2Cc3ccccc3C2)nc1)NC1CC1. The minimum Gasteiger partial charge on any atom is -0.360 e. The number of hydrogen-bond acceptors (Lipinski definition) is 3. The van der Waals surface area contributed by atoms with Crippen LogP contribution in [0.5, 0.6) is 0 Å². The summed E-state index contributed by atoms with van der Waals surface area (Å²) in [6.07, 6.45) is 4.28. The molecule has 0 amide bonds. The summed E-state index contributed by atoms with van der Waals surface area (Å²) in [6.45, 7) is 1.86. The van der Waals surface area contributed by atoms with Crippen LogP contribution in [-0.2, 0) is 13.1 Å². The minimum atomic E-state index is 0.565. The number of nitrogens with zero attached hydrogens (tertiary/aromatic N) is 2. The molecule has 4 nitrogen and oxygen atoms in total. The first-order chi connectivity index (χ1) is 10.8. The smallest absolute Gasteiger partial charge is 0.171 e. The Labute approximate surface area is 135 Å². The maximum absolute atomic E-state index is 5.28. The average molecular weight is 310 g/mol. The lowest BCUT2D eigenvalue weighted by Crippen LogP contribution is -2.30. The highest BCUT2D eigenvalue weighted by atomic mass is 32.1. The van der Waals surface area contributed by atoms with Gasteiger partial charge in [-0.1, -0.05) is 24.3 Å². The molecular formula is C17H18N4S. The first-order valence-electron chi connectivity index (χ1n) is 7.63. The molecule has 1 aromatic carbocycles. The number of thiocarbonyl (C=S) groups is 1. The Bertz CT molecular complexity index is 669. The molecule has 0 spiro atoms. The van der Waals surface area contributed by atoms with Crippen LogP contribution >= 0.6 is 12.2 Å². The number of anilines is 2. The summed E-state index contributed by atoms with van der Waals surface area (Å²) in [5.74, 6) is 1.00. The third kappa shape index (κ3) is 2.90. The molecule has 22 heavy (non-hydrogen) atoms. The van der Waals surface area contributed by atoms with Crippen LogP contribution < -0.4 is 15.5 Å². The average Bonchev–Trinajstić information content (AvgIpc) is 3.23. The van der Waals surface area contributed by atoms with E-state index >= 15 is 0 Å². The monoisotopic (exact) mass is 310 g/mol. The van der Waals surface area contributed by atoms with Crippen LogP contribution in [0.2, 0.25) is 0 Å². The number of fused-ring (bicyclic) bond motifs is 1. The van der Waals surface area contributed by atoms with Crippen molar-refractivity contribution in [2.24, 2.45) is 0 Å². The fourth-order valence-electron chi connectivity index (χ4n) is 2.72. The molecule has 4 rings (SSSR count). The lowest BCUT2D eigenvalue weighted by atomic mass is 10.1. The molecule has 0 unspecified atom stereocenters. The Morgan fingerprint density at radius 3 is 2.41 bits per heavy atom. The molecule has 2 aromatic rings. The van der Waals surface area contributed by atoms with Gasteiger partial charge >= 0.3 is 0 Å². The second-order valence-corrected chi connectivity index (χ2v) is 6.31. The predicted molar refractivity (Wildman–Crippen MR) is 92.9 cm³/mol. The van der Waals surface area contributed by atoms with Gasteiger partial charge in [0.2, 0.25) is 0 Å². The van der Waals surface area contributed by atoms with E-state index in [0.29, 0.717) is 11.2 Å². The fourth-order valence-corrected chi connectivity index (χ4v) is 3.01. The van der Waals surface area contributed by atoms with E-state index in [4.69, 9.17) is 12.2 Å². The van der Waals surface area contributed by atoms with Gasteiger partial charge in [-0.3, -0.25) is 0 Å². The van der Waals surface area contributed by atoms with Crippen molar-refractivity contribution in [1.82, 2.24) is 10.3 Å². The highest BCUT2D eigenvalue weighted by molar-refractivity contribution is 7.80. The van der Waals surface area contributed by atoms with Gasteiger partial charge in [-0.2, -0.15) is 0 Å². The molecule has 1 aromatic heterocycles. The number of rotatable bonds is 3. The zero-order valence-electron chi connectivity index (χ0n) is 12.2. The van der Waals surface area contributed by atoms with Crippen LogP contribution in [0.3, 0.4) is 0 Å². The van der Waals surface area contributed by atoms with Crippen molar-refractivity contribution in [3.63, 3.8) is 0 Å². The summed E-state index contributed by atoms with van der Waals surface area (Å²) < 4.78 is 0. The highest BCUT2D eigenvalue weighted by Gasteiger charge is 2.22. The topological polar surface area (TPSA) is 40.2 Å². The van der Waals surface area contributed by atoms with Crippen LogP contribution in [0.1, 0.15) is 24.0 Å². The Morgan fingerprint density at radius 2 is 1.82 bits per heavy atom. The van der Waals surface area contributed by atoms with Gasteiger partial charge in [-0.25, -0.2) is 4.98 Å². The molecule has 112 valence electrons. The maximum atomic E-state index is 5.28. The summed E-state index contributed by atoms with van der Waals surface area (Å²) in [7, 11) is 0. The molecule has 0 radical (unpaired) electrons. The maximum Gasteiger partial charge on any atom is 0.171 e. The molecule has 2 heterocycles. The third-order valence-electron chi connectivity index (χ3n) is 4.08. The van der Waals surface area contributed by atoms with Crippen molar-refractivity contribution in [2.75, 3.05) is 10.2 Å². The standard InChI is InChI=1S/C17H18N4S/c22-17(19-14-5-6-14)20-15-7-8-16(18-9-15)21-10-12-3-1-2-4-13(12)11-21/h1-4,7-9,14H,5-6,10-11H2,(H2,19,20,22). The largest absolute Gasteiger partial charge is 0.360 e. The van der Waals surface area contributed by atoms with Gasteiger partial charge in [0.1, 0.15) is 5.82 Å². The van der Waals surface area contributed by atoms with E-state index in [1.54, 1.807) is 0 Å². The van der Waals surface area contributed by atoms with E-state index in [0.717, 1.165) is 24.6 Å². The Hall–Kier alpha value is -2.14. The van der Waals surface area contributed by atoms with Gasteiger partial charge in [0.25, 0.3) is 0 Å².